The minimum atomic E-state index is -0.237. The average Bonchev–Trinajstić information content (AvgIpc) is 2.67. The van der Waals surface area contributed by atoms with Gasteiger partial charge in [0.15, 0.2) is 0 Å². The number of anilines is 1. The molecule has 0 aliphatic carbocycles. The van der Waals surface area contributed by atoms with Gasteiger partial charge in [-0.3, -0.25) is 19.1 Å². The zero-order valence-electron chi connectivity index (χ0n) is 15.2. The van der Waals surface area contributed by atoms with Crippen LogP contribution in [-0.2, 0) is 11.3 Å². The highest BCUT2D eigenvalue weighted by Gasteiger charge is 2.14. The summed E-state index contributed by atoms with van der Waals surface area (Å²) in [5.41, 5.74) is 1.44. The summed E-state index contributed by atoms with van der Waals surface area (Å²) >= 11 is 0. The van der Waals surface area contributed by atoms with Crippen LogP contribution in [-0.4, -0.2) is 40.6 Å². The molecular formula is C20H20N4O3. The van der Waals surface area contributed by atoms with Crippen molar-refractivity contribution in [3.8, 4) is 0 Å². The minimum absolute atomic E-state index is 0.151. The first-order valence-corrected chi connectivity index (χ1v) is 8.53. The maximum absolute atomic E-state index is 12.4. The van der Waals surface area contributed by atoms with Crippen molar-refractivity contribution in [2.24, 2.45) is 0 Å². The molecule has 1 aromatic heterocycles. The molecule has 0 aliphatic heterocycles. The third kappa shape index (κ3) is 4.03. The van der Waals surface area contributed by atoms with Crippen molar-refractivity contribution in [2.45, 2.75) is 13.0 Å². The van der Waals surface area contributed by atoms with E-state index in [0.29, 0.717) is 28.7 Å². The number of hydrogen-bond acceptors (Lipinski definition) is 4. The summed E-state index contributed by atoms with van der Waals surface area (Å²) in [7, 11) is 3.32. The fourth-order valence-corrected chi connectivity index (χ4v) is 2.78. The van der Waals surface area contributed by atoms with Gasteiger partial charge in [0, 0.05) is 25.9 Å². The van der Waals surface area contributed by atoms with Crippen molar-refractivity contribution in [1.82, 2.24) is 14.7 Å². The Morgan fingerprint density at radius 1 is 1.07 bits per heavy atom. The van der Waals surface area contributed by atoms with Crippen LogP contribution >= 0.6 is 0 Å². The molecule has 7 nitrogen and oxygen atoms in total. The molecule has 2 aromatic carbocycles. The smallest absolute Gasteiger partial charge is 0.255 e. The van der Waals surface area contributed by atoms with Gasteiger partial charge in [0.1, 0.15) is 0 Å². The van der Waals surface area contributed by atoms with Crippen LogP contribution in [0.4, 0.5) is 5.69 Å². The number of aryl methyl sites for hydroxylation is 1. The van der Waals surface area contributed by atoms with Gasteiger partial charge in [0.2, 0.25) is 11.3 Å². The van der Waals surface area contributed by atoms with Crippen LogP contribution in [0, 0.1) is 0 Å². The highest BCUT2D eigenvalue weighted by molar-refractivity contribution is 6.03. The SMILES string of the molecule is CN(C)C(=O)c1ccccc1NC(=O)CCn1ncc(=O)c2ccccc21. The van der Waals surface area contributed by atoms with E-state index in [4.69, 9.17) is 0 Å². The molecule has 0 fully saturated rings. The quantitative estimate of drug-likeness (QED) is 0.752. The fourth-order valence-electron chi connectivity index (χ4n) is 2.78. The molecule has 0 saturated heterocycles. The summed E-state index contributed by atoms with van der Waals surface area (Å²) in [6.45, 7) is 0.316. The first-order valence-electron chi connectivity index (χ1n) is 8.53. The molecule has 0 unspecified atom stereocenters. The number of carbonyl (C=O) groups excluding carboxylic acids is 2. The zero-order chi connectivity index (χ0) is 19.4. The third-order valence-electron chi connectivity index (χ3n) is 4.15. The summed E-state index contributed by atoms with van der Waals surface area (Å²) in [5.74, 6) is -0.419. The fraction of sp³-hybridized carbons (Fsp3) is 0.200. The Morgan fingerprint density at radius 2 is 1.78 bits per heavy atom. The van der Waals surface area contributed by atoms with Gasteiger partial charge in [-0.05, 0) is 24.3 Å². The van der Waals surface area contributed by atoms with E-state index >= 15 is 0 Å². The average molecular weight is 364 g/mol. The summed E-state index contributed by atoms with van der Waals surface area (Å²) in [6.07, 6.45) is 1.41. The number of carbonyl (C=O) groups is 2. The van der Waals surface area contributed by atoms with Crippen LogP contribution in [0.5, 0.6) is 0 Å². The Bertz CT molecular complexity index is 1060. The van der Waals surface area contributed by atoms with E-state index in [1.54, 1.807) is 61.2 Å². The number of nitrogens with zero attached hydrogens (tertiary/aromatic N) is 3. The van der Waals surface area contributed by atoms with E-state index in [1.807, 2.05) is 6.07 Å². The number of para-hydroxylation sites is 2. The molecule has 0 aliphatic rings. The maximum Gasteiger partial charge on any atom is 0.255 e. The highest BCUT2D eigenvalue weighted by Crippen LogP contribution is 2.17. The molecule has 0 bridgehead atoms. The van der Waals surface area contributed by atoms with E-state index in [0.717, 1.165) is 0 Å². The number of hydrogen-bond donors (Lipinski definition) is 1. The van der Waals surface area contributed by atoms with Crippen LogP contribution in [0.3, 0.4) is 0 Å². The number of benzene rings is 2. The van der Waals surface area contributed by atoms with Gasteiger partial charge < -0.3 is 10.2 Å². The Balaban J connectivity index is 1.74. The van der Waals surface area contributed by atoms with E-state index in [9.17, 15) is 14.4 Å². The normalized spacial score (nSPS) is 10.6. The Kier molecular flexibility index (Phi) is 5.30. The maximum atomic E-state index is 12.4. The van der Waals surface area contributed by atoms with Crippen LogP contribution in [0.2, 0.25) is 0 Å². The lowest BCUT2D eigenvalue weighted by molar-refractivity contribution is -0.116. The molecule has 138 valence electrons. The lowest BCUT2D eigenvalue weighted by atomic mass is 10.1. The third-order valence-corrected chi connectivity index (χ3v) is 4.15. The van der Waals surface area contributed by atoms with E-state index in [1.165, 1.54) is 11.1 Å². The first kappa shape index (κ1) is 18.3. The van der Waals surface area contributed by atoms with Crippen LogP contribution in [0.1, 0.15) is 16.8 Å². The molecule has 7 heteroatoms. The monoisotopic (exact) mass is 364 g/mol. The van der Waals surface area contributed by atoms with Crippen molar-refractivity contribution in [3.63, 3.8) is 0 Å². The Morgan fingerprint density at radius 3 is 2.56 bits per heavy atom. The molecule has 0 atom stereocenters. The van der Waals surface area contributed by atoms with Gasteiger partial charge in [-0.2, -0.15) is 5.10 Å². The molecule has 3 rings (SSSR count). The topological polar surface area (TPSA) is 84.3 Å². The molecule has 27 heavy (non-hydrogen) atoms. The molecular weight excluding hydrogens is 344 g/mol. The van der Waals surface area contributed by atoms with Gasteiger partial charge in [0.25, 0.3) is 5.91 Å². The summed E-state index contributed by atoms with van der Waals surface area (Å²) in [5, 5.41) is 7.47. The van der Waals surface area contributed by atoms with Gasteiger partial charge in [0.05, 0.1) is 29.5 Å². The molecule has 2 amide bonds. The largest absolute Gasteiger partial charge is 0.345 e. The molecule has 0 spiro atoms. The highest BCUT2D eigenvalue weighted by atomic mass is 16.2. The number of amides is 2. The van der Waals surface area contributed by atoms with Crippen molar-refractivity contribution in [1.29, 1.82) is 0 Å². The summed E-state index contributed by atoms with van der Waals surface area (Å²) in [6, 6.07) is 14.0. The van der Waals surface area contributed by atoms with Gasteiger partial charge in [-0.1, -0.05) is 24.3 Å². The first-order chi connectivity index (χ1) is 13.0. The second-order valence-electron chi connectivity index (χ2n) is 6.29. The number of aromatic nitrogens is 2. The van der Waals surface area contributed by atoms with Gasteiger partial charge in [-0.25, -0.2) is 0 Å². The van der Waals surface area contributed by atoms with Crippen LogP contribution < -0.4 is 10.7 Å². The Labute approximate surface area is 156 Å². The van der Waals surface area contributed by atoms with Crippen molar-refractivity contribution < 1.29 is 9.59 Å². The second-order valence-corrected chi connectivity index (χ2v) is 6.29. The van der Waals surface area contributed by atoms with E-state index < -0.39 is 0 Å². The lowest BCUT2D eigenvalue weighted by Gasteiger charge is -2.15. The van der Waals surface area contributed by atoms with Crippen molar-refractivity contribution in [2.75, 3.05) is 19.4 Å². The lowest BCUT2D eigenvalue weighted by Crippen LogP contribution is -2.24. The molecule has 1 heterocycles. The van der Waals surface area contributed by atoms with Crippen molar-refractivity contribution >= 4 is 28.4 Å². The van der Waals surface area contributed by atoms with Crippen LogP contribution in [0.15, 0.2) is 59.5 Å². The summed E-state index contributed by atoms with van der Waals surface area (Å²) in [4.78, 5) is 38.0. The standard InChI is InChI=1S/C20H20N4O3/c1-23(2)20(27)14-7-3-5-9-16(14)22-19(26)11-12-24-17-10-6-4-8-15(17)18(25)13-21-24/h3-10,13H,11-12H2,1-2H3,(H,22,26). The van der Waals surface area contributed by atoms with Crippen LogP contribution in [0.25, 0.3) is 10.9 Å². The van der Waals surface area contributed by atoms with Gasteiger partial charge >= 0.3 is 0 Å². The minimum Gasteiger partial charge on any atom is -0.345 e. The van der Waals surface area contributed by atoms with E-state index in [-0.39, 0.29) is 23.7 Å². The summed E-state index contributed by atoms with van der Waals surface area (Å²) < 4.78 is 1.63. The van der Waals surface area contributed by atoms with Crippen molar-refractivity contribution in [3.05, 3.63) is 70.5 Å². The van der Waals surface area contributed by atoms with Gasteiger partial charge in [-0.15, -0.1) is 0 Å². The number of nitrogens with one attached hydrogen (secondary N) is 1. The number of fused-ring (bicyclic) bond motifs is 1. The molecule has 0 saturated carbocycles. The Hall–Kier alpha value is -3.48. The molecule has 0 radical (unpaired) electrons. The number of rotatable bonds is 5. The predicted octanol–water partition coefficient (Wildman–Crippen LogP) is 2.13. The molecule has 1 N–H and O–H groups in total. The molecule has 3 aromatic rings. The zero-order valence-corrected chi connectivity index (χ0v) is 15.2. The van der Waals surface area contributed by atoms with E-state index in [2.05, 4.69) is 10.4 Å². The predicted molar refractivity (Wildman–Crippen MR) is 104 cm³/mol. The second kappa shape index (κ2) is 7.82.